The quantitative estimate of drug-likeness (QED) is 0.666. The van der Waals surface area contributed by atoms with E-state index >= 15 is 0 Å². The van der Waals surface area contributed by atoms with Gasteiger partial charge in [-0.3, -0.25) is 0 Å². The third-order valence-electron chi connectivity index (χ3n) is 3.41. The molecule has 124 valence electrons. The van der Waals surface area contributed by atoms with Gasteiger partial charge in [0.1, 0.15) is 4.90 Å². The predicted molar refractivity (Wildman–Crippen MR) is 93.0 cm³/mol. The van der Waals surface area contributed by atoms with Crippen LogP contribution in [0.25, 0.3) is 0 Å². The Hall–Kier alpha value is -2.22. The number of hydrogen-bond donors (Lipinski definition) is 1. The first-order valence-electron chi connectivity index (χ1n) is 7.14. The van der Waals surface area contributed by atoms with Crippen LogP contribution in [-0.4, -0.2) is 43.7 Å². The van der Waals surface area contributed by atoms with Crippen LogP contribution in [0.2, 0.25) is 5.02 Å². The van der Waals surface area contributed by atoms with E-state index in [1.807, 2.05) is 6.07 Å². The summed E-state index contributed by atoms with van der Waals surface area (Å²) in [7, 11) is -3.74. The van der Waals surface area contributed by atoms with Crippen LogP contribution in [0, 0.1) is 0 Å². The molecule has 3 rings (SSSR count). The predicted octanol–water partition coefficient (Wildman–Crippen LogP) is 2.12. The molecule has 6 nitrogen and oxygen atoms in total. The van der Waals surface area contributed by atoms with E-state index in [-0.39, 0.29) is 23.9 Å². The first-order valence-corrected chi connectivity index (χ1v) is 8.96. The topological polar surface area (TPSA) is 82.3 Å². The van der Waals surface area contributed by atoms with Crippen molar-refractivity contribution in [3.63, 3.8) is 0 Å². The van der Waals surface area contributed by atoms with E-state index in [1.54, 1.807) is 36.4 Å². The molecule has 0 atom stereocenters. The lowest BCUT2D eigenvalue weighted by molar-refractivity contribution is 0.254. The smallest absolute Gasteiger partial charge is 0.285 e. The maximum Gasteiger partial charge on any atom is 0.285 e. The number of sulfonamides is 1. The van der Waals surface area contributed by atoms with E-state index in [2.05, 4.69) is 9.50 Å². The van der Waals surface area contributed by atoms with Gasteiger partial charge in [-0.05, 0) is 18.2 Å². The van der Waals surface area contributed by atoms with Crippen LogP contribution in [0.15, 0.2) is 62.9 Å². The zero-order valence-corrected chi connectivity index (χ0v) is 14.1. The highest BCUT2D eigenvalue weighted by molar-refractivity contribution is 7.90. The average molecular weight is 364 g/mol. The molecule has 0 spiro atoms. The van der Waals surface area contributed by atoms with Crippen LogP contribution >= 0.6 is 11.6 Å². The molecule has 24 heavy (non-hydrogen) atoms. The van der Waals surface area contributed by atoms with Gasteiger partial charge in [0.15, 0.2) is 5.84 Å². The SMILES string of the molecule is O=S1(=O)N=C(N(CCO)N=Cc2ccccc2Cl)c2ccccc21. The Kier molecular flexibility index (Phi) is 4.66. The molecule has 1 aliphatic rings. The molecule has 0 fully saturated rings. The van der Waals surface area contributed by atoms with Crippen molar-refractivity contribution in [3.05, 3.63) is 64.7 Å². The molecule has 0 bridgehead atoms. The monoisotopic (exact) mass is 363 g/mol. The van der Waals surface area contributed by atoms with E-state index < -0.39 is 10.0 Å². The van der Waals surface area contributed by atoms with Gasteiger partial charge in [0.25, 0.3) is 10.0 Å². The van der Waals surface area contributed by atoms with Crippen molar-refractivity contribution in [1.82, 2.24) is 5.01 Å². The number of halogens is 1. The molecule has 0 radical (unpaired) electrons. The summed E-state index contributed by atoms with van der Waals surface area (Å²) in [6.45, 7) is -0.106. The highest BCUT2D eigenvalue weighted by Gasteiger charge is 2.31. The maximum absolute atomic E-state index is 12.2. The van der Waals surface area contributed by atoms with E-state index in [9.17, 15) is 13.5 Å². The number of fused-ring (bicyclic) bond motifs is 1. The van der Waals surface area contributed by atoms with Gasteiger partial charge < -0.3 is 5.11 Å². The molecule has 0 aromatic heterocycles. The zero-order valence-electron chi connectivity index (χ0n) is 12.5. The molecule has 2 aromatic carbocycles. The first-order chi connectivity index (χ1) is 11.5. The van der Waals surface area contributed by atoms with Crippen molar-refractivity contribution in [2.24, 2.45) is 9.50 Å². The molecule has 1 heterocycles. The van der Waals surface area contributed by atoms with Crippen molar-refractivity contribution in [1.29, 1.82) is 0 Å². The molecule has 0 saturated heterocycles. The highest BCUT2D eigenvalue weighted by Crippen LogP contribution is 2.27. The minimum atomic E-state index is -3.74. The van der Waals surface area contributed by atoms with Gasteiger partial charge in [0.2, 0.25) is 0 Å². The summed E-state index contributed by atoms with van der Waals surface area (Å²) < 4.78 is 28.1. The number of amidine groups is 1. The summed E-state index contributed by atoms with van der Waals surface area (Å²) in [5.41, 5.74) is 1.14. The first kappa shape index (κ1) is 16.6. The second-order valence-electron chi connectivity index (χ2n) is 5.00. The van der Waals surface area contributed by atoms with Gasteiger partial charge in [-0.15, -0.1) is 4.40 Å². The molecular formula is C16H14ClN3O3S. The third kappa shape index (κ3) is 3.19. The van der Waals surface area contributed by atoms with Crippen LogP contribution in [-0.2, 0) is 10.0 Å². The summed E-state index contributed by atoms with van der Waals surface area (Å²) in [5, 5.41) is 15.4. The summed E-state index contributed by atoms with van der Waals surface area (Å²) in [5.74, 6) is 0.183. The van der Waals surface area contributed by atoms with Gasteiger partial charge in [-0.25, -0.2) is 5.01 Å². The van der Waals surface area contributed by atoms with Crippen molar-refractivity contribution in [2.75, 3.05) is 13.2 Å². The molecule has 2 aromatic rings. The zero-order chi connectivity index (χ0) is 17.2. The molecule has 0 amide bonds. The highest BCUT2D eigenvalue weighted by atomic mass is 35.5. The van der Waals surface area contributed by atoms with Crippen molar-refractivity contribution in [2.45, 2.75) is 4.90 Å². The largest absolute Gasteiger partial charge is 0.394 e. The van der Waals surface area contributed by atoms with Crippen LogP contribution in [0.3, 0.4) is 0 Å². The number of hydrogen-bond acceptors (Lipinski definition) is 5. The van der Waals surface area contributed by atoms with Gasteiger partial charge >= 0.3 is 0 Å². The number of hydrazone groups is 1. The number of aliphatic hydroxyl groups excluding tert-OH is 1. The van der Waals surface area contributed by atoms with Crippen molar-refractivity contribution >= 4 is 33.7 Å². The minimum Gasteiger partial charge on any atom is -0.394 e. The molecule has 8 heteroatoms. The Labute approximate surface area is 144 Å². The fraction of sp³-hybridized carbons (Fsp3) is 0.125. The lowest BCUT2D eigenvalue weighted by Crippen LogP contribution is -2.28. The van der Waals surface area contributed by atoms with Gasteiger partial charge in [-0.2, -0.15) is 13.5 Å². The lowest BCUT2D eigenvalue weighted by Gasteiger charge is -2.17. The number of aliphatic hydroxyl groups is 1. The van der Waals surface area contributed by atoms with Crippen LogP contribution in [0.4, 0.5) is 0 Å². The summed E-state index contributed by atoms with van der Waals surface area (Å²) in [4.78, 5) is 0.135. The molecule has 0 saturated carbocycles. The molecule has 0 unspecified atom stereocenters. The van der Waals surface area contributed by atoms with E-state index in [0.717, 1.165) is 0 Å². The third-order valence-corrected chi connectivity index (χ3v) is 5.08. The van der Waals surface area contributed by atoms with Crippen LogP contribution in [0.1, 0.15) is 11.1 Å². The number of nitrogens with zero attached hydrogens (tertiary/aromatic N) is 3. The Bertz CT molecular complexity index is 926. The van der Waals surface area contributed by atoms with E-state index in [0.29, 0.717) is 16.1 Å². The summed E-state index contributed by atoms with van der Waals surface area (Å²) >= 11 is 6.09. The Balaban J connectivity index is 2.00. The Morgan fingerprint density at radius 1 is 1.17 bits per heavy atom. The molecular weight excluding hydrogens is 350 g/mol. The molecule has 1 aliphatic heterocycles. The normalized spacial score (nSPS) is 15.3. The molecule has 1 N–H and O–H groups in total. The standard InChI is InChI=1S/C16H14ClN3O3S/c17-14-7-3-1-5-12(14)11-18-20(9-10-21)16-13-6-2-4-8-15(13)24(22,23)19-16/h1-8,11,21H,9-10H2. The molecule has 0 aliphatic carbocycles. The van der Waals surface area contributed by atoms with Crippen molar-refractivity contribution < 1.29 is 13.5 Å². The van der Waals surface area contributed by atoms with Crippen LogP contribution < -0.4 is 0 Å². The minimum absolute atomic E-state index is 0.101. The lowest BCUT2D eigenvalue weighted by atomic mass is 10.2. The van der Waals surface area contributed by atoms with Gasteiger partial charge in [0.05, 0.1) is 19.4 Å². The summed E-state index contributed by atoms with van der Waals surface area (Å²) in [6, 6.07) is 13.6. The number of benzene rings is 2. The maximum atomic E-state index is 12.2. The van der Waals surface area contributed by atoms with E-state index in [1.165, 1.54) is 17.3 Å². The van der Waals surface area contributed by atoms with Crippen molar-refractivity contribution in [3.8, 4) is 0 Å². The van der Waals surface area contributed by atoms with E-state index in [4.69, 9.17) is 11.6 Å². The second kappa shape index (κ2) is 6.72. The van der Waals surface area contributed by atoms with Crippen LogP contribution in [0.5, 0.6) is 0 Å². The number of rotatable bonds is 4. The Morgan fingerprint density at radius 2 is 1.88 bits per heavy atom. The fourth-order valence-corrected chi connectivity index (χ4v) is 3.69. The van der Waals surface area contributed by atoms with Gasteiger partial charge in [-0.1, -0.05) is 41.9 Å². The fourth-order valence-electron chi connectivity index (χ4n) is 2.30. The summed E-state index contributed by atoms with van der Waals surface area (Å²) in [6.07, 6.45) is 1.51. The average Bonchev–Trinajstić information content (AvgIpc) is 2.85. The second-order valence-corrected chi connectivity index (χ2v) is 6.98. The Morgan fingerprint density at radius 3 is 2.62 bits per heavy atom. The van der Waals surface area contributed by atoms with Gasteiger partial charge in [0, 0.05) is 16.1 Å².